The van der Waals surface area contributed by atoms with E-state index in [-0.39, 0.29) is 5.91 Å². The van der Waals surface area contributed by atoms with Crippen molar-refractivity contribution in [2.75, 3.05) is 11.1 Å². The van der Waals surface area contributed by atoms with Gasteiger partial charge in [-0.1, -0.05) is 41.9 Å². The Kier molecular flexibility index (Phi) is 3.50. The molecule has 104 valence electrons. The second-order valence-corrected chi connectivity index (χ2v) is 5.16. The van der Waals surface area contributed by atoms with Crippen LogP contribution in [-0.4, -0.2) is 5.91 Å². The van der Waals surface area contributed by atoms with Gasteiger partial charge in [0.15, 0.2) is 0 Å². The highest BCUT2D eigenvalue weighted by Crippen LogP contribution is 2.23. The standard InChI is InChI=1S/C17H13ClN2O/c18-15-10-14(7-8-16(15)19)20-17(21)13-6-5-11-3-1-2-4-12(11)9-13/h1-10H,19H2,(H,20,21). The summed E-state index contributed by atoms with van der Waals surface area (Å²) < 4.78 is 0. The maximum Gasteiger partial charge on any atom is 0.255 e. The molecule has 3 nitrogen and oxygen atoms in total. The zero-order valence-electron chi connectivity index (χ0n) is 11.1. The molecule has 3 aromatic rings. The summed E-state index contributed by atoms with van der Waals surface area (Å²) in [5, 5.41) is 5.36. The van der Waals surface area contributed by atoms with Gasteiger partial charge in [0.25, 0.3) is 5.91 Å². The SMILES string of the molecule is Nc1ccc(NC(=O)c2ccc3ccccc3c2)cc1Cl. The minimum Gasteiger partial charge on any atom is -0.398 e. The van der Waals surface area contributed by atoms with Crippen LogP contribution in [0.25, 0.3) is 10.8 Å². The molecule has 0 bridgehead atoms. The molecule has 21 heavy (non-hydrogen) atoms. The summed E-state index contributed by atoms with van der Waals surface area (Å²) in [5.41, 5.74) is 7.35. The van der Waals surface area contributed by atoms with E-state index in [2.05, 4.69) is 5.32 Å². The topological polar surface area (TPSA) is 55.1 Å². The maximum absolute atomic E-state index is 12.3. The van der Waals surface area contributed by atoms with Crippen LogP contribution in [0, 0.1) is 0 Å². The molecule has 3 rings (SSSR count). The van der Waals surface area contributed by atoms with E-state index in [1.807, 2.05) is 36.4 Å². The van der Waals surface area contributed by atoms with Crippen molar-refractivity contribution < 1.29 is 4.79 Å². The van der Waals surface area contributed by atoms with Gasteiger partial charge >= 0.3 is 0 Å². The molecule has 0 atom stereocenters. The fourth-order valence-corrected chi connectivity index (χ4v) is 2.32. The third-order valence-corrected chi connectivity index (χ3v) is 3.60. The van der Waals surface area contributed by atoms with Gasteiger partial charge in [0.1, 0.15) is 0 Å². The van der Waals surface area contributed by atoms with E-state index in [1.54, 1.807) is 24.3 Å². The molecule has 0 radical (unpaired) electrons. The number of nitrogens with one attached hydrogen (secondary N) is 1. The molecule has 0 fully saturated rings. The molecule has 1 amide bonds. The molecule has 0 aliphatic rings. The first-order valence-corrected chi connectivity index (χ1v) is 6.86. The Morgan fingerprint density at radius 3 is 2.48 bits per heavy atom. The van der Waals surface area contributed by atoms with Crippen LogP contribution in [-0.2, 0) is 0 Å². The van der Waals surface area contributed by atoms with Crippen LogP contribution in [0.4, 0.5) is 11.4 Å². The lowest BCUT2D eigenvalue weighted by Gasteiger charge is -2.07. The molecule has 3 N–H and O–H groups in total. The lowest BCUT2D eigenvalue weighted by atomic mass is 10.1. The summed E-state index contributed by atoms with van der Waals surface area (Å²) in [6.45, 7) is 0. The molecule has 0 aliphatic heterocycles. The monoisotopic (exact) mass is 296 g/mol. The summed E-state index contributed by atoms with van der Waals surface area (Å²) in [5.74, 6) is -0.179. The Bertz CT molecular complexity index is 830. The summed E-state index contributed by atoms with van der Waals surface area (Å²) in [6, 6.07) is 18.5. The Labute approximate surface area is 127 Å². The zero-order valence-corrected chi connectivity index (χ0v) is 11.9. The predicted molar refractivity (Wildman–Crippen MR) is 87.8 cm³/mol. The van der Waals surface area contributed by atoms with E-state index in [9.17, 15) is 4.79 Å². The van der Waals surface area contributed by atoms with Crippen molar-refractivity contribution in [2.45, 2.75) is 0 Å². The molecule has 0 heterocycles. The molecule has 0 unspecified atom stereocenters. The molecule has 0 saturated heterocycles. The van der Waals surface area contributed by atoms with Crippen LogP contribution in [0.15, 0.2) is 60.7 Å². The number of benzene rings is 3. The molecule has 4 heteroatoms. The number of anilines is 2. The van der Waals surface area contributed by atoms with Gasteiger partial charge in [-0.2, -0.15) is 0 Å². The average molecular weight is 297 g/mol. The van der Waals surface area contributed by atoms with Crippen molar-refractivity contribution in [2.24, 2.45) is 0 Å². The maximum atomic E-state index is 12.3. The van der Waals surface area contributed by atoms with Crippen molar-refractivity contribution in [3.8, 4) is 0 Å². The van der Waals surface area contributed by atoms with Gasteiger partial charge in [0, 0.05) is 11.3 Å². The number of fused-ring (bicyclic) bond motifs is 1. The fourth-order valence-electron chi connectivity index (χ4n) is 2.14. The average Bonchev–Trinajstić information content (AvgIpc) is 2.50. The normalized spacial score (nSPS) is 10.5. The van der Waals surface area contributed by atoms with Gasteiger partial charge in [0.2, 0.25) is 0 Å². The summed E-state index contributed by atoms with van der Waals surface area (Å²) in [4.78, 5) is 12.3. The number of halogens is 1. The molecule has 3 aromatic carbocycles. The highest BCUT2D eigenvalue weighted by atomic mass is 35.5. The highest BCUT2D eigenvalue weighted by molar-refractivity contribution is 6.33. The van der Waals surface area contributed by atoms with Crippen LogP contribution in [0.1, 0.15) is 10.4 Å². The Hall–Kier alpha value is -2.52. The van der Waals surface area contributed by atoms with Crippen molar-refractivity contribution in [1.82, 2.24) is 0 Å². The Balaban J connectivity index is 1.87. The smallest absolute Gasteiger partial charge is 0.255 e. The summed E-state index contributed by atoms with van der Waals surface area (Å²) in [7, 11) is 0. The molecular formula is C17H13ClN2O. The van der Waals surface area contributed by atoms with Gasteiger partial charge < -0.3 is 11.1 Å². The number of amides is 1. The molecule has 0 aromatic heterocycles. The second-order valence-electron chi connectivity index (χ2n) is 4.75. The van der Waals surface area contributed by atoms with Crippen molar-refractivity contribution >= 4 is 39.7 Å². The van der Waals surface area contributed by atoms with Crippen LogP contribution in [0.5, 0.6) is 0 Å². The number of hydrogen-bond donors (Lipinski definition) is 2. The highest BCUT2D eigenvalue weighted by Gasteiger charge is 2.08. The van der Waals surface area contributed by atoms with Crippen LogP contribution >= 0.6 is 11.6 Å². The van der Waals surface area contributed by atoms with Crippen LogP contribution in [0.2, 0.25) is 5.02 Å². The number of nitrogens with two attached hydrogens (primary N) is 1. The van der Waals surface area contributed by atoms with Gasteiger partial charge in [-0.05, 0) is 41.1 Å². The number of hydrogen-bond acceptors (Lipinski definition) is 2. The van der Waals surface area contributed by atoms with Gasteiger partial charge in [-0.25, -0.2) is 0 Å². The second kappa shape index (κ2) is 5.46. The molecule has 0 spiro atoms. The minimum atomic E-state index is -0.179. The van der Waals surface area contributed by atoms with Crippen LogP contribution < -0.4 is 11.1 Å². The summed E-state index contributed by atoms with van der Waals surface area (Å²) >= 11 is 5.95. The van der Waals surface area contributed by atoms with Crippen LogP contribution in [0.3, 0.4) is 0 Å². The molecule has 0 saturated carbocycles. The fraction of sp³-hybridized carbons (Fsp3) is 0. The minimum absolute atomic E-state index is 0.179. The lowest BCUT2D eigenvalue weighted by Crippen LogP contribution is -2.11. The first kappa shape index (κ1) is 13.5. The lowest BCUT2D eigenvalue weighted by molar-refractivity contribution is 0.102. The first-order chi connectivity index (χ1) is 10.1. The summed E-state index contributed by atoms with van der Waals surface area (Å²) in [6.07, 6.45) is 0. The Morgan fingerprint density at radius 2 is 1.71 bits per heavy atom. The number of nitrogen functional groups attached to an aromatic ring is 1. The first-order valence-electron chi connectivity index (χ1n) is 6.49. The van der Waals surface area contributed by atoms with E-state index in [1.165, 1.54) is 0 Å². The van der Waals surface area contributed by atoms with E-state index in [0.29, 0.717) is 22.0 Å². The zero-order chi connectivity index (χ0) is 14.8. The number of rotatable bonds is 2. The Morgan fingerprint density at radius 1 is 0.952 bits per heavy atom. The van der Waals surface area contributed by atoms with E-state index in [0.717, 1.165) is 10.8 Å². The van der Waals surface area contributed by atoms with Gasteiger partial charge in [0.05, 0.1) is 10.7 Å². The third-order valence-electron chi connectivity index (χ3n) is 3.27. The van der Waals surface area contributed by atoms with E-state index in [4.69, 9.17) is 17.3 Å². The number of carbonyl (C=O) groups excluding carboxylic acids is 1. The van der Waals surface area contributed by atoms with Crippen molar-refractivity contribution in [3.63, 3.8) is 0 Å². The molecule has 0 aliphatic carbocycles. The largest absolute Gasteiger partial charge is 0.398 e. The quantitative estimate of drug-likeness (QED) is 0.692. The molecular weight excluding hydrogens is 284 g/mol. The van der Waals surface area contributed by atoms with Crippen molar-refractivity contribution in [3.05, 3.63) is 71.2 Å². The van der Waals surface area contributed by atoms with E-state index >= 15 is 0 Å². The van der Waals surface area contributed by atoms with Gasteiger partial charge in [-0.15, -0.1) is 0 Å². The number of carbonyl (C=O) groups is 1. The third kappa shape index (κ3) is 2.83. The van der Waals surface area contributed by atoms with E-state index < -0.39 is 0 Å². The van der Waals surface area contributed by atoms with Crippen molar-refractivity contribution in [1.29, 1.82) is 0 Å². The van der Waals surface area contributed by atoms with Gasteiger partial charge in [-0.3, -0.25) is 4.79 Å². The predicted octanol–water partition coefficient (Wildman–Crippen LogP) is 4.33.